The molecule has 3 N–H and O–H groups in total. The number of piperidine rings is 1. The van der Waals surface area contributed by atoms with E-state index in [0.717, 1.165) is 0 Å². The summed E-state index contributed by atoms with van der Waals surface area (Å²) in [6.07, 6.45) is 1.33. The molecule has 0 aromatic carbocycles. The van der Waals surface area contributed by atoms with Crippen molar-refractivity contribution in [1.82, 2.24) is 15.8 Å². The molecule has 6 heteroatoms. The van der Waals surface area contributed by atoms with Crippen LogP contribution in [0.15, 0.2) is 0 Å². The highest BCUT2D eigenvalue weighted by Crippen LogP contribution is 2.20. The van der Waals surface area contributed by atoms with E-state index < -0.39 is 5.60 Å². The van der Waals surface area contributed by atoms with Gasteiger partial charge in [0.15, 0.2) is 0 Å². The Hall–Kier alpha value is -1.14. The van der Waals surface area contributed by atoms with Gasteiger partial charge in [-0.05, 0) is 19.8 Å². The zero-order valence-electron chi connectivity index (χ0n) is 9.75. The fourth-order valence-electron chi connectivity index (χ4n) is 1.59. The average molecular weight is 229 g/mol. The van der Waals surface area contributed by atoms with Crippen LogP contribution in [-0.4, -0.2) is 47.1 Å². The second kappa shape index (κ2) is 5.27. The number of hydrogen-bond donors (Lipinski definition) is 3. The molecule has 1 fully saturated rings. The Morgan fingerprint density at radius 3 is 2.38 bits per heavy atom. The van der Waals surface area contributed by atoms with Gasteiger partial charge in [0.1, 0.15) is 0 Å². The van der Waals surface area contributed by atoms with E-state index in [9.17, 15) is 14.7 Å². The van der Waals surface area contributed by atoms with Crippen molar-refractivity contribution < 1.29 is 14.7 Å². The third-order valence-corrected chi connectivity index (χ3v) is 2.68. The van der Waals surface area contributed by atoms with Gasteiger partial charge in [-0.15, -0.1) is 0 Å². The quantitative estimate of drug-likeness (QED) is 0.531. The van der Waals surface area contributed by atoms with Crippen molar-refractivity contribution in [1.29, 1.82) is 0 Å². The van der Waals surface area contributed by atoms with Crippen LogP contribution in [0.25, 0.3) is 0 Å². The van der Waals surface area contributed by atoms with Crippen LogP contribution in [-0.2, 0) is 9.59 Å². The third-order valence-electron chi connectivity index (χ3n) is 2.68. The van der Waals surface area contributed by atoms with E-state index in [1.807, 2.05) is 11.8 Å². The molecule has 0 saturated carbocycles. The van der Waals surface area contributed by atoms with Gasteiger partial charge >= 0.3 is 0 Å². The molecular weight excluding hydrogens is 210 g/mol. The van der Waals surface area contributed by atoms with Gasteiger partial charge in [0.2, 0.25) is 5.91 Å². The van der Waals surface area contributed by atoms with Gasteiger partial charge < -0.3 is 5.11 Å². The van der Waals surface area contributed by atoms with E-state index >= 15 is 0 Å². The molecule has 1 aliphatic rings. The zero-order chi connectivity index (χ0) is 12.2. The molecule has 0 radical (unpaired) electrons. The van der Waals surface area contributed by atoms with E-state index in [2.05, 4.69) is 10.9 Å². The molecule has 1 heterocycles. The first-order valence-corrected chi connectivity index (χ1v) is 5.39. The Bertz CT molecular complexity index is 268. The number of nitrogens with one attached hydrogen (secondary N) is 2. The topological polar surface area (TPSA) is 81.7 Å². The first kappa shape index (κ1) is 12.9. The number of aliphatic hydroxyl groups is 1. The van der Waals surface area contributed by atoms with E-state index in [4.69, 9.17) is 0 Å². The number of amides is 2. The minimum atomic E-state index is -0.607. The summed E-state index contributed by atoms with van der Waals surface area (Å²) in [5.74, 6) is -0.535. The molecule has 0 spiro atoms. The van der Waals surface area contributed by atoms with Gasteiger partial charge in [0, 0.05) is 20.0 Å². The summed E-state index contributed by atoms with van der Waals surface area (Å²) in [6, 6.07) is 0. The van der Waals surface area contributed by atoms with Gasteiger partial charge in [-0.1, -0.05) is 0 Å². The Morgan fingerprint density at radius 2 is 1.88 bits per heavy atom. The lowest BCUT2D eigenvalue weighted by molar-refractivity contribution is -0.129. The van der Waals surface area contributed by atoms with Gasteiger partial charge in [-0.25, -0.2) is 0 Å². The molecule has 92 valence electrons. The molecule has 0 aromatic heterocycles. The fourth-order valence-corrected chi connectivity index (χ4v) is 1.59. The molecule has 6 nitrogen and oxygen atoms in total. The van der Waals surface area contributed by atoms with Crippen LogP contribution in [0.2, 0.25) is 0 Å². The first-order valence-electron chi connectivity index (χ1n) is 5.39. The molecule has 2 amide bonds. The summed E-state index contributed by atoms with van der Waals surface area (Å²) in [5, 5.41) is 9.72. The van der Waals surface area contributed by atoms with Gasteiger partial charge in [-0.2, -0.15) is 0 Å². The number of carbonyl (C=O) groups excluding carboxylic acids is 2. The molecule has 0 atom stereocenters. The van der Waals surface area contributed by atoms with Crippen LogP contribution >= 0.6 is 0 Å². The first-order chi connectivity index (χ1) is 7.39. The lowest BCUT2D eigenvalue weighted by Gasteiger charge is -2.35. The summed E-state index contributed by atoms with van der Waals surface area (Å²) in [5.41, 5.74) is 3.94. The zero-order valence-corrected chi connectivity index (χ0v) is 9.75. The molecule has 1 saturated heterocycles. The third kappa shape index (κ3) is 4.59. The summed E-state index contributed by atoms with van der Waals surface area (Å²) in [7, 11) is 0. The van der Waals surface area contributed by atoms with Crippen LogP contribution in [0.4, 0.5) is 0 Å². The predicted molar refractivity (Wildman–Crippen MR) is 58.3 cm³/mol. The average Bonchev–Trinajstić information content (AvgIpc) is 2.18. The van der Waals surface area contributed by atoms with Gasteiger partial charge in [0.05, 0.1) is 12.1 Å². The number of nitrogens with zero attached hydrogens (tertiary/aromatic N) is 1. The molecule has 0 aromatic rings. The van der Waals surface area contributed by atoms with E-state index in [1.165, 1.54) is 6.92 Å². The maximum atomic E-state index is 11.3. The normalized spacial score (nSPS) is 20.2. The summed E-state index contributed by atoms with van der Waals surface area (Å²) in [4.78, 5) is 23.9. The largest absolute Gasteiger partial charge is 0.390 e. The molecule has 1 aliphatic heterocycles. The Kier molecular flexibility index (Phi) is 4.26. The Balaban J connectivity index is 2.23. The van der Waals surface area contributed by atoms with Crippen molar-refractivity contribution in [3.63, 3.8) is 0 Å². The minimum Gasteiger partial charge on any atom is -0.390 e. The van der Waals surface area contributed by atoms with Crippen molar-refractivity contribution in [2.45, 2.75) is 32.3 Å². The van der Waals surface area contributed by atoms with Crippen LogP contribution in [0, 0.1) is 0 Å². The van der Waals surface area contributed by atoms with Crippen molar-refractivity contribution >= 4 is 11.8 Å². The van der Waals surface area contributed by atoms with Crippen molar-refractivity contribution in [2.75, 3.05) is 19.6 Å². The van der Waals surface area contributed by atoms with E-state index in [1.54, 1.807) is 0 Å². The summed E-state index contributed by atoms with van der Waals surface area (Å²) >= 11 is 0. The highest BCUT2D eigenvalue weighted by molar-refractivity contribution is 5.81. The Morgan fingerprint density at radius 1 is 1.31 bits per heavy atom. The molecule has 0 aliphatic carbocycles. The molecule has 1 rings (SSSR count). The molecule has 0 bridgehead atoms. The summed E-state index contributed by atoms with van der Waals surface area (Å²) in [6.45, 7) is 4.78. The monoisotopic (exact) mass is 229 g/mol. The SMILES string of the molecule is CC(=O)NNC(=O)CN1CCC(C)(O)CC1. The fraction of sp³-hybridized carbons (Fsp3) is 0.800. The van der Waals surface area contributed by atoms with Crippen molar-refractivity contribution in [2.24, 2.45) is 0 Å². The van der Waals surface area contributed by atoms with Gasteiger partial charge in [-0.3, -0.25) is 25.3 Å². The lowest BCUT2D eigenvalue weighted by atomic mass is 9.94. The number of hydrazine groups is 1. The van der Waals surface area contributed by atoms with Crippen LogP contribution in [0.5, 0.6) is 0 Å². The van der Waals surface area contributed by atoms with Gasteiger partial charge in [0.25, 0.3) is 5.91 Å². The van der Waals surface area contributed by atoms with Crippen LogP contribution in [0.1, 0.15) is 26.7 Å². The second-order valence-electron chi connectivity index (χ2n) is 4.50. The number of hydrogen-bond acceptors (Lipinski definition) is 4. The van der Waals surface area contributed by atoms with Crippen molar-refractivity contribution in [3.8, 4) is 0 Å². The predicted octanol–water partition coefficient (Wildman–Crippen LogP) is -0.999. The maximum Gasteiger partial charge on any atom is 0.252 e. The molecule has 16 heavy (non-hydrogen) atoms. The second-order valence-corrected chi connectivity index (χ2v) is 4.50. The maximum absolute atomic E-state index is 11.3. The molecular formula is C10H19N3O3. The van der Waals surface area contributed by atoms with E-state index in [0.29, 0.717) is 25.9 Å². The molecule has 0 unspecified atom stereocenters. The van der Waals surface area contributed by atoms with Crippen LogP contribution in [0.3, 0.4) is 0 Å². The number of likely N-dealkylation sites (tertiary alicyclic amines) is 1. The highest BCUT2D eigenvalue weighted by atomic mass is 16.3. The smallest absolute Gasteiger partial charge is 0.252 e. The van der Waals surface area contributed by atoms with Crippen molar-refractivity contribution in [3.05, 3.63) is 0 Å². The van der Waals surface area contributed by atoms with Crippen LogP contribution < -0.4 is 10.9 Å². The Labute approximate surface area is 95.0 Å². The number of carbonyl (C=O) groups is 2. The number of rotatable bonds is 2. The lowest BCUT2D eigenvalue weighted by Crippen LogP contribution is -2.49. The highest BCUT2D eigenvalue weighted by Gasteiger charge is 2.27. The standard InChI is InChI=1S/C10H19N3O3/c1-8(14)11-12-9(15)7-13-5-3-10(2,16)4-6-13/h16H,3-7H2,1-2H3,(H,11,14)(H,12,15). The minimum absolute atomic E-state index is 0.239. The summed E-state index contributed by atoms with van der Waals surface area (Å²) < 4.78 is 0. The van der Waals surface area contributed by atoms with E-state index in [-0.39, 0.29) is 18.4 Å².